The lowest BCUT2D eigenvalue weighted by molar-refractivity contribution is 0.824. The SMILES string of the molecule is Cl.Cl.Nn1cnnc1N/N=C(\c1ccccc1)c1ccccn1.O. The molecule has 0 fully saturated rings. The molecule has 24 heavy (non-hydrogen) atoms. The molecular weight excluding hydrogens is 353 g/mol. The summed E-state index contributed by atoms with van der Waals surface area (Å²) in [6.07, 6.45) is 3.11. The van der Waals surface area contributed by atoms with E-state index in [-0.39, 0.29) is 30.3 Å². The van der Waals surface area contributed by atoms with Crippen LogP contribution in [-0.4, -0.2) is 31.0 Å². The molecule has 0 saturated carbocycles. The highest BCUT2D eigenvalue weighted by molar-refractivity contribution is 6.11. The zero-order valence-corrected chi connectivity index (χ0v) is 14.0. The molecule has 0 atom stereocenters. The normalized spacial score (nSPS) is 9.92. The number of rotatable bonds is 4. The van der Waals surface area contributed by atoms with Gasteiger partial charge in [-0.2, -0.15) is 5.10 Å². The third kappa shape index (κ3) is 4.92. The van der Waals surface area contributed by atoms with Crippen LogP contribution in [0.4, 0.5) is 5.95 Å². The number of nitrogens with zero attached hydrogens (tertiary/aromatic N) is 5. The van der Waals surface area contributed by atoms with E-state index in [9.17, 15) is 0 Å². The van der Waals surface area contributed by atoms with Crippen molar-refractivity contribution < 1.29 is 5.48 Å². The molecule has 5 N–H and O–H groups in total. The summed E-state index contributed by atoms with van der Waals surface area (Å²) >= 11 is 0. The van der Waals surface area contributed by atoms with Crippen LogP contribution in [0.1, 0.15) is 11.3 Å². The average Bonchev–Trinajstić information content (AvgIpc) is 2.95. The third-order valence-electron chi connectivity index (χ3n) is 2.80. The van der Waals surface area contributed by atoms with E-state index < -0.39 is 0 Å². The van der Waals surface area contributed by atoms with Crippen LogP contribution in [0.5, 0.6) is 0 Å². The molecule has 0 aliphatic heterocycles. The van der Waals surface area contributed by atoms with Crippen molar-refractivity contribution in [1.82, 2.24) is 19.9 Å². The monoisotopic (exact) mass is 369 g/mol. The van der Waals surface area contributed by atoms with Gasteiger partial charge in [0, 0.05) is 11.8 Å². The number of nitrogen functional groups attached to an aromatic ring is 1. The Balaban J connectivity index is 0.00000176. The van der Waals surface area contributed by atoms with Gasteiger partial charge in [-0.25, -0.2) is 10.1 Å². The highest BCUT2D eigenvalue weighted by atomic mass is 35.5. The van der Waals surface area contributed by atoms with Crippen molar-refractivity contribution in [2.45, 2.75) is 0 Å². The molecule has 0 radical (unpaired) electrons. The molecule has 0 unspecified atom stereocenters. The third-order valence-corrected chi connectivity index (χ3v) is 2.80. The van der Waals surface area contributed by atoms with E-state index >= 15 is 0 Å². The number of hydrogen-bond donors (Lipinski definition) is 2. The maximum absolute atomic E-state index is 5.65. The van der Waals surface area contributed by atoms with Gasteiger partial charge in [0.05, 0.1) is 5.69 Å². The maximum atomic E-state index is 5.65. The fourth-order valence-electron chi connectivity index (χ4n) is 1.80. The number of pyridine rings is 1. The predicted octanol–water partition coefficient (Wildman–Crippen LogP) is 1.27. The van der Waals surface area contributed by atoms with E-state index in [0.29, 0.717) is 11.7 Å². The van der Waals surface area contributed by atoms with Crippen LogP contribution >= 0.6 is 24.8 Å². The molecule has 0 aliphatic carbocycles. The minimum Gasteiger partial charge on any atom is -0.412 e. The van der Waals surface area contributed by atoms with Crippen LogP contribution < -0.4 is 11.3 Å². The van der Waals surface area contributed by atoms with Gasteiger partial charge in [-0.1, -0.05) is 36.4 Å². The van der Waals surface area contributed by atoms with Crippen molar-refractivity contribution in [3.8, 4) is 0 Å². The molecular formula is C14H17Cl2N7O. The van der Waals surface area contributed by atoms with E-state index in [2.05, 4.69) is 25.7 Å². The van der Waals surface area contributed by atoms with Gasteiger partial charge in [0.1, 0.15) is 12.0 Å². The lowest BCUT2D eigenvalue weighted by atomic mass is 10.1. The molecule has 0 saturated heterocycles. The number of anilines is 1. The van der Waals surface area contributed by atoms with Crippen molar-refractivity contribution >= 4 is 36.5 Å². The first-order valence-corrected chi connectivity index (χ1v) is 6.30. The van der Waals surface area contributed by atoms with Gasteiger partial charge >= 0.3 is 0 Å². The molecule has 3 rings (SSSR count). The summed E-state index contributed by atoms with van der Waals surface area (Å²) < 4.78 is 1.25. The first kappa shape index (κ1) is 21.3. The van der Waals surface area contributed by atoms with Crippen LogP contribution in [0.2, 0.25) is 0 Å². The van der Waals surface area contributed by atoms with Gasteiger partial charge < -0.3 is 11.3 Å². The minimum absolute atomic E-state index is 0. The second kappa shape index (κ2) is 10.2. The van der Waals surface area contributed by atoms with Crippen LogP contribution in [0.25, 0.3) is 0 Å². The Morgan fingerprint density at radius 3 is 2.33 bits per heavy atom. The zero-order valence-electron chi connectivity index (χ0n) is 12.4. The Morgan fingerprint density at radius 1 is 1.04 bits per heavy atom. The summed E-state index contributed by atoms with van der Waals surface area (Å²) in [7, 11) is 0. The number of nitrogens with one attached hydrogen (secondary N) is 1. The Kier molecular flexibility index (Phi) is 9.03. The summed E-state index contributed by atoms with van der Waals surface area (Å²) in [5.41, 5.74) is 5.18. The summed E-state index contributed by atoms with van der Waals surface area (Å²) in [5.74, 6) is 6.00. The summed E-state index contributed by atoms with van der Waals surface area (Å²) in [4.78, 5) is 4.33. The standard InChI is InChI=1S/C14H13N7.2ClH.H2O/c15-21-10-17-19-14(21)20-18-13(11-6-2-1-3-7-11)12-8-4-5-9-16-12;;;/h1-10H,15H2,(H,19,20);2*1H;1H2/b18-13+;;;. The molecule has 3 aromatic rings. The van der Waals surface area contributed by atoms with E-state index in [4.69, 9.17) is 5.84 Å². The maximum Gasteiger partial charge on any atom is 0.263 e. The molecule has 8 nitrogen and oxygen atoms in total. The number of halogens is 2. The van der Waals surface area contributed by atoms with Crippen LogP contribution in [-0.2, 0) is 0 Å². The number of hydrogen-bond acceptors (Lipinski definition) is 6. The van der Waals surface area contributed by atoms with Crippen molar-refractivity contribution in [2.75, 3.05) is 11.3 Å². The second-order valence-electron chi connectivity index (χ2n) is 4.22. The van der Waals surface area contributed by atoms with Gasteiger partial charge in [0.2, 0.25) is 0 Å². The summed E-state index contributed by atoms with van der Waals surface area (Å²) in [5, 5.41) is 11.9. The quantitative estimate of drug-likeness (QED) is 0.406. The topological polar surface area (TPSA) is 126 Å². The van der Waals surface area contributed by atoms with Crippen molar-refractivity contribution in [3.63, 3.8) is 0 Å². The molecule has 2 heterocycles. The lowest BCUT2D eigenvalue weighted by Gasteiger charge is -2.06. The Bertz CT molecular complexity index is 709. The molecule has 1 aromatic carbocycles. The fourth-order valence-corrected chi connectivity index (χ4v) is 1.80. The van der Waals surface area contributed by atoms with Gasteiger partial charge in [-0.05, 0) is 12.1 Å². The summed E-state index contributed by atoms with van der Waals surface area (Å²) in [6, 6.07) is 15.4. The minimum atomic E-state index is 0. The first-order valence-electron chi connectivity index (χ1n) is 6.30. The predicted molar refractivity (Wildman–Crippen MR) is 98.2 cm³/mol. The largest absolute Gasteiger partial charge is 0.412 e. The molecule has 0 bridgehead atoms. The van der Waals surface area contributed by atoms with Crippen molar-refractivity contribution in [3.05, 3.63) is 72.3 Å². The molecule has 0 amide bonds. The second-order valence-corrected chi connectivity index (χ2v) is 4.22. The molecule has 0 aliphatic rings. The molecule has 0 spiro atoms. The zero-order chi connectivity index (χ0) is 14.5. The Labute approximate surface area is 150 Å². The highest BCUT2D eigenvalue weighted by Crippen LogP contribution is 2.09. The molecule has 2 aromatic heterocycles. The average molecular weight is 370 g/mol. The Morgan fingerprint density at radius 2 is 1.75 bits per heavy atom. The van der Waals surface area contributed by atoms with Crippen LogP contribution in [0, 0.1) is 0 Å². The van der Waals surface area contributed by atoms with Crippen molar-refractivity contribution in [2.24, 2.45) is 5.10 Å². The first-order chi connectivity index (χ1) is 10.3. The van der Waals surface area contributed by atoms with E-state index in [0.717, 1.165) is 11.3 Å². The number of hydrazone groups is 1. The van der Waals surface area contributed by atoms with Crippen LogP contribution in [0.3, 0.4) is 0 Å². The van der Waals surface area contributed by atoms with E-state index in [1.807, 2.05) is 48.5 Å². The van der Waals surface area contributed by atoms with Crippen molar-refractivity contribution in [1.29, 1.82) is 0 Å². The van der Waals surface area contributed by atoms with Gasteiger partial charge in [0.15, 0.2) is 0 Å². The van der Waals surface area contributed by atoms with Gasteiger partial charge in [-0.3, -0.25) is 4.98 Å². The number of benzene rings is 1. The number of aromatic nitrogens is 4. The van der Waals surface area contributed by atoms with Gasteiger partial charge in [0.25, 0.3) is 5.95 Å². The van der Waals surface area contributed by atoms with E-state index in [1.54, 1.807) is 6.20 Å². The molecule has 128 valence electrons. The van der Waals surface area contributed by atoms with Crippen LogP contribution in [0.15, 0.2) is 66.2 Å². The number of nitrogens with two attached hydrogens (primary N) is 1. The van der Waals surface area contributed by atoms with Gasteiger partial charge in [-0.15, -0.1) is 35.0 Å². The summed E-state index contributed by atoms with van der Waals surface area (Å²) in [6.45, 7) is 0. The lowest BCUT2D eigenvalue weighted by Crippen LogP contribution is -2.13. The Hall–Kier alpha value is -2.68. The highest BCUT2D eigenvalue weighted by Gasteiger charge is 2.08. The van der Waals surface area contributed by atoms with E-state index in [1.165, 1.54) is 11.0 Å². The smallest absolute Gasteiger partial charge is 0.263 e. The molecule has 10 heteroatoms. The fraction of sp³-hybridized carbons (Fsp3) is 0.